The number of sulfonamides is 1. The molecule has 2 heterocycles. The Balaban J connectivity index is 1.79. The quantitative estimate of drug-likeness (QED) is 0.911. The van der Waals surface area contributed by atoms with Gasteiger partial charge in [-0.05, 0) is 26.0 Å². The number of rotatable bonds is 3. The van der Waals surface area contributed by atoms with Crippen molar-refractivity contribution in [3.8, 4) is 0 Å². The van der Waals surface area contributed by atoms with Crippen molar-refractivity contribution >= 4 is 15.7 Å². The van der Waals surface area contributed by atoms with Crippen LogP contribution in [0.3, 0.4) is 0 Å². The minimum Gasteiger partial charge on any atom is -0.366 e. The number of benzene rings is 1. The van der Waals surface area contributed by atoms with E-state index >= 15 is 0 Å². The highest BCUT2D eigenvalue weighted by Gasteiger charge is 2.30. The Hall–Kier alpha value is -2.00. The van der Waals surface area contributed by atoms with Crippen LogP contribution >= 0.6 is 0 Å². The van der Waals surface area contributed by atoms with Crippen LogP contribution in [-0.4, -0.2) is 49.1 Å². The largest absolute Gasteiger partial charge is 0.366 e. The van der Waals surface area contributed by atoms with Crippen LogP contribution in [0, 0.1) is 25.5 Å². The maximum Gasteiger partial charge on any atom is 0.243 e. The normalized spacial score (nSPS) is 16.6. The number of nitrogens with zero attached hydrogens (tertiary/aromatic N) is 3. The van der Waals surface area contributed by atoms with E-state index in [-0.39, 0.29) is 18.0 Å². The lowest BCUT2D eigenvalue weighted by Crippen LogP contribution is -2.49. The first-order valence-corrected chi connectivity index (χ1v) is 8.96. The maximum absolute atomic E-state index is 13.3. The zero-order chi connectivity index (χ0) is 17.5. The first kappa shape index (κ1) is 16.8. The number of aryl methyl sites for hydroxylation is 2. The van der Waals surface area contributed by atoms with E-state index in [1.807, 2.05) is 13.8 Å². The van der Waals surface area contributed by atoms with E-state index < -0.39 is 21.7 Å². The molecule has 1 fully saturated rings. The molecule has 9 heteroatoms. The van der Waals surface area contributed by atoms with Gasteiger partial charge in [0, 0.05) is 32.2 Å². The number of anilines is 1. The lowest BCUT2D eigenvalue weighted by molar-refractivity contribution is 0.384. The Bertz CT molecular complexity index is 819. The summed E-state index contributed by atoms with van der Waals surface area (Å²) in [6, 6.07) is 2.34. The van der Waals surface area contributed by atoms with Crippen LogP contribution in [0.1, 0.15) is 11.4 Å². The van der Waals surface area contributed by atoms with E-state index in [0.717, 1.165) is 29.2 Å². The summed E-state index contributed by atoms with van der Waals surface area (Å²) in [4.78, 5) is 1.70. The minimum atomic E-state index is -3.92. The molecule has 130 valence electrons. The summed E-state index contributed by atoms with van der Waals surface area (Å²) >= 11 is 0. The van der Waals surface area contributed by atoms with E-state index in [9.17, 15) is 17.2 Å². The second-order valence-corrected chi connectivity index (χ2v) is 7.72. The molecule has 0 radical (unpaired) electrons. The van der Waals surface area contributed by atoms with Crippen molar-refractivity contribution in [2.45, 2.75) is 18.7 Å². The average Bonchev–Trinajstić information content (AvgIpc) is 2.85. The molecule has 0 spiro atoms. The van der Waals surface area contributed by atoms with Crippen molar-refractivity contribution in [3.63, 3.8) is 0 Å². The summed E-state index contributed by atoms with van der Waals surface area (Å²) in [5.41, 5.74) is 2.76. The van der Waals surface area contributed by atoms with E-state index in [4.69, 9.17) is 0 Å². The third-order valence-corrected chi connectivity index (χ3v) is 5.99. The second kappa shape index (κ2) is 6.14. The number of halogens is 2. The van der Waals surface area contributed by atoms with Crippen molar-refractivity contribution in [1.82, 2.24) is 14.5 Å². The van der Waals surface area contributed by atoms with Crippen LogP contribution < -0.4 is 4.90 Å². The predicted octanol–water partition coefficient (Wildman–Crippen LogP) is 1.82. The molecular weight excluding hydrogens is 338 g/mol. The maximum atomic E-state index is 13.3. The molecule has 0 unspecified atom stereocenters. The van der Waals surface area contributed by atoms with Gasteiger partial charge in [-0.1, -0.05) is 0 Å². The molecule has 1 saturated heterocycles. The minimum absolute atomic E-state index is 0.241. The molecule has 1 aliphatic rings. The number of H-pyrrole nitrogens is 1. The third kappa shape index (κ3) is 3.01. The molecule has 1 aromatic carbocycles. The van der Waals surface area contributed by atoms with Gasteiger partial charge in [-0.3, -0.25) is 5.10 Å². The van der Waals surface area contributed by atoms with Crippen LogP contribution in [0.4, 0.5) is 14.5 Å². The van der Waals surface area contributed by atoms with Crippen LogP contribution in [-0.2, 0) is 10.0 Å². The molecule has 1 N–H and O–H groups in total. The van der Waals surface area contributed by atoms with Crippen molar-refractivity contribution < 1.29 is 17.2 Å². The van der Waals surface area contributed by atoms with Gasteiger partial charge in [0.15, 0.2) is 0 Å². The molecule has 1 aromatic heterocycles. The number of aromatic amines is 1. The summed E-state index contributed by atoms with van der Waals surface area (Å²) < 4.78 is 53.0. The Kier molecular flexibility index (Phi) is 4.31. The number of piperazine rings is 1. The van der Waals surface area contributed by atoms with Gasteiger partial charge in [-0.2, -0.15) is 9.40 Å². The zero-order valence-corrected chi connectivity index (χ0v) is 14.2. The SMILES string of the molecule is Cc1n[nH]c(C)c1N1CCN(S(=O)(=O)c2cc(F)cc(F)c2)CC1. The van der Waals surface area contributed by atoms with Gasteiger partial charge in [0.25, 0.3) is 0 Å². The van der Waals surface area contributed by atoms with E-state index in [1.54, 1.807) is 0 Å². The topological polar surface area (TPSA) is 69.3 Å². The molecule has 0 saturated carbocycles. The zero-order valence-electron chi connectivity index (χ0n) is 13.4. The molecule has 0 amide bonds. The fraction of sp³-hybridized carbons (Fsp3) is 0.400. The van der Waals surface area contributed by atoms with Crippen molar-refractivity contribution in [2.75, 3.05) is 31.1 Å². The number of hydrogen-bond donors (Lipinski definition) is 1. The van der Waals surface area contributed by atoms with E-state index in [0.29, 0.717) is 19.2 Å². The molecule has 0 aliphatic carbocycles. The summed E-state index contributed by atoms with van der Waals surface area (Å²) in [7, 11) is -3.92. The summed E-state index contributed by atoms with van der Waals surface area (Å²) in [6.07, 6.45) is 0. The Labute approximate surface area is 139 Å². The molecule has 3 rings (SSSR count). The highest BCUT2D eigenvalue weighted by Crippen LogP contribution is 2.25. The van der Waals surface area contributed by atoms with Gasteiger partial charge in [-0.25, -0.2) is 17.2 Å². The van der Waals surface area contributed by atoms with Crippen LogP contribution in [0.25, 0.3) is 0 Å². The summed E-state index contributed by atoms with van der Waals surface area (Å²) in [5.74, 6) is -1.81. The third-order valence-electron chi connectivity index (χ3n) is 4.12. The van der Waals surface area contributed by atoms with Crippen LogP contribution in [0.15, 0.2) is 23.1 Å². The van der Waals surface area contributed by atoms with Crippen LogP contribution in [0.5, 0.6) is 0 Å². The average molecular weight is 356 g/mol. The van der Waals surface area contributed by atoms with Gasteiger partial charge >= 0.3 is 0 Å². The highest BCUT2D eigenvalue weighted by atomic mass is 32.2. The molecule has 0 atom stereocenters. The number of hydrogen-bond acceptors (Lipinski definition) is 4. The Morgan fingerprint density at radius 1 is 1.04 bits per heavy atom. The van der Waals surface area contributed by atoms with Gasteiger partial charge < -0.3 is 4.90 Å². The Morgan fingerprint density at radius 3 is 2.12 bits per heavy atom. The molecule has 0 bridgehead atoms. The van der Waals surface area contributed by atoms with Crippen molar-refractivity contribution in [3.05, 3.63) is 41.2 Å². The highest BCUT2D eigenvalue weighted by molar-refractivity contribution is 7.89. The molecule has 6 nitrogen and oxygen atoms in total. The van der Waals surface area contributed by atoms with Crippen LogP contribution in [0.2, 0.25) is 0 Å². The standard InChI is InChI=1S/C15H18F2N4O2S/c1-10-15(11(2)19-18-10)20-3-5-21(6-4-20)24(22,23)14-8-12(16)7-13(17)9-14/h7-9H,3-6H2,1-2H3,(H,18,19). The van der Waals surface area contributed by atoms with Gasteiger partial charge in [0.1, 0.15) is 11.6 Å². The molecule has 2 aromatic rings. The lowest BCUT2D eigenvalue weighted by Gasteiger charge is -2.35. The predicted molar refractivity (Wildman–Crippen MR) is 85.4 cm³/mol. The van der Waals surface area contributed by atoms with Crippen molar-refractivity contribution in [1.29, 1.82) is 0 Å². The number of nitrogens with one attached hydrogen (secondary N) is 1. The summed E-state index contributed by atoms with van der Waals surface area (Å²) in [5, 5.41) is 7.05. The number of aromatic nitrogens is 2. The van der Waals surface area contributed by atoms with Gasteiger partial charge in [0.2, 0.25) is 10.0 Å². The molecule has 1 aliphatic heterocycles. The first-order valence-electron chi connectivity index (χ1n) is 7.52. The monoisotopic (exact) mass is 356 g/mol. The van der Waals surface area contributed by atoms with E-state index in [2.05, 4.69) is 15.1 Å². The van der Waals surface area contributed by atoms with Gasteiger partial charge in [0.05, 0.1) is 22.0 Å². The fourth-order valence-corrected chi connectivity index (χ4v) is 4.45. The smallest absolute Gasteiger partial charge is 0.243 e. The fourth-order valence-electron chi connectivity index (χ4n) is 2.99. The molecular formula is C15H18F2N4O2S. The molecule has 24 heavy (non-hydrogen) atoms. The Morgan fingerprint density at radius 2 is 1.62 bits per heavy atom. The summed E-state index contributed by atoms with van der Waals surface area (Å²) in [6.45, 7) is 5.25. The second-order valence-electron chi connectivity index (χ2n) is 5.78. The van der Waals surface area contributed by atoms with Crippen molar-refractivity contribution in [2.24, 2.45) is 0 Å². The lowest BCUT2D eigenvalue weighted by atomic mass is 10.2. The first-order chi connectivity index (χ1) is 11.3. The van der Waals surface area contributed by atoms with Gasteiger partial charge in [-0.15, -0.1) is 0 Å². The van der Waals surface area contributed by atoms with E-state index in [1.165, 1.54) is 4.31 Å².